The summed E-state index contributed by atoms with van der Waals surface area (Å²) in [6.07, 6.45) is -4.83. The molecule has 0 spiro atoms. The van der Waals surface area contributed by atoms with E-state index in [-0.39, 0.29) is 11.1 Å². The minimum Gasteiger partial charge on any atom is -0.496 e. The summed E-state index contributed by atoms with van der Waals surface area (Å²) in [6.45, 7) is 2.15. The first kappa shape index (κ1) is 14.8. The molecule has 3 N–H and O–H groups in total. The normalized spacial score (nSPS) is 15.3. The van der Waals surface area contributed by atoms with Gasteiger partial charge in [0, 0.05) is 6.54 Å². The number of aryl methyl sites for hydroxylation is 2. The van der Waals surface area contributed by atoms with Crippen LogP contribution in [0.25, 0.3) is 0 Å². The molecule has 0 heterocycles. The SMILES string of the molecule is COc1cc(C)c(C(O)(CN)C(F)(F)F)cc1C. The van der Waals surface area contributed by atoms with Crippen LogP contribution < -0.4 is 10.5 Å². The van der Waals surface area contributed by atoms with Gasteiger partial charge < -0.3 is 15.6 Å². The van der Waals surface area contributed by atoms with Crippen molar-refractivity contribution >= 4 is 0 Å². The average molecular weight is 263 g/mol. The number of methoxy groups -OCH3 is 1. The van der Waals surface area contributed by atoms with E-state index in [0.717, 1.165) is 0 Å². The summed E-state index contributed by atoms with van der Waals surface area (Å²) in [5.41, 5.74) is 2.63. The Balaban J connectivity index is 3.45. The molecular weight excluding hydrogens is 247 g/mol. The van der Waals surface area contributed by atoms with Gasteiger partial charge in [-0.25, -0.2) is 0 Å². The van der Waals surface area contributed by atoms with Crippen molar-refractivity contribution in [2.75, 3.05) is 13.7 Å². The fourth-order valence-electron chi connectivity index (χ4n) is 1.83. The van der Waals surface area contributed by atoms with Crippen molar-refractivity contribution in [3.05, 3.63) is 28.8 Å². The summed E-state index contributed by atoms with van der Waals surface area (Å²) < 4.78 is 43.8. The lowest BCUT2D eigenvalue weighted by atomic mass is 9.88. The molecule has 0 fully saturated rings. The molecule has 0 aliphatic heterocycles. The van der Waals surface area contributed by atoms with Crippen molar-refractivity contribution in [1.82, 2.24) is 0 Å². The zero-order valence-corrected chi connectivity index (χ0v) is 10.4. The Hall–Kier alpha value is -1.27. The van der Waals surface area contributed by atoms with Crippen LogP contribution in [0.5, 0.6) is 5.75 Å². The van der Waals surface area contributed by atoms with Gasteiger partial charge in [-0.05, 0) is 42.7 Å². The third kappa shape index (κ3) is 2.30. The second-order valence-corrected chi connectivity index (χ2v) is 4.20. The van der Waals surface area contributed by atoms with E-state index in [4.69, 9.17) is 10.5 Å². The Kier molecular flexibility index (Phi) is 3.92. The molecule has 1 atom stereocenters. The van der Waals surface area contributed by atoms with Gasteiger partial charge in [0.15, 0.2) is 5.60 Å². The largest absolute Gasteiger partial charge is 0.496 e. The molecule has 1 aromatic rings. The van der Waals surface area contributed by atoms with Gasteiger partial charge in [-0.1, -0.05) is 0 Å². The Morgan fingerprint density at radius 1 is 1.22 bits per heavy atom. The molecule has 1 unspecified atom stereocenters. The molecular formula is C12H16F3NO2. The molecule has 0 aromatic heterocycles. The highest BCUT2D eigenvalue weighted by Crippen LogP contribution is 2.41. The highest BCUT2D eigenvalue weighted by molar-refractivity contribution is 5.44. The van der Waals surface area contributed by atoms with Gasteiger partial charge in [-0.2, -0.15) is 13.2 Å². The minimum atomic E-state index is -4.83. The molecule has 102 valence electrons. The van der Waals surface area contributed by atoms with Gasteiger partial charge in [-0.15, -0.1) is 0 Å². The van der Waals surface area contributed by atoms with E-state index in [1.54, 1.807) is 6.92 Å². The Bertz CT molecular complexity index is 446. The number of benzene rings is 1. The van der Waals surface area contributed by atoms with Crippen molar-refractivity contribution < 1.29 is 23.0 Å². The number of rotatable bonds is 3. The van der Waals surface area contributed by atoms with E-state index in [9.17, 15) is 18.3 Å². The first-order valence-electron chi connectivity index (χ1n) is 5.32. The smallest absolute Gasteiger partial charge is 0.422 e. The van der Waals surface area contributed by atoms with E-state index < -0.39 is 18.3 Å². The zero-order chi connectivity index (χ0) is 14.1. The quantitative estimate of drug-likeness (QED) is 0.877. The van der Waals surface area contributed by atoms with Crippen LogP contribution in [0.3, 0.4) is 0 Å². The number of hydrogen-bond acceptors (Lipinski definition) is 3. The molecule has 3 nitrogen and oxygen atoms in total. The van der Waals surface area contributed by atoms with E-state index >= 15 is 0 Å². The number of nitrogens with two attached hydrogens (primary N) is 1. The lowest BCUT2D eigenvalue weighted by Crippen LogP contribution is -2.48. The molecule has 0 radical (unpaired) electrons. The van der Waals surface area contributed by atoms with Crippen LogP contribution in [-0.4, -0.2) is 24.9 Å². The summed E-state index contributed by atoms with van der Waals surface area (Å²) >= 11 is 0. The standard InChI is InChI=1S/C12H16F3NO2/c1-7-5-10(18-3)8(2)4-9(7)11(17,6-16)12(13,14)15/h4-5,17H,6,16H2,1-3H3. The first-order valence-corrected chi connectivity index (χ1v) is 5.32. The van der Waals surface area contributed by atoms with Crippen molar-refractivity contribution in [3.63, 3.8) is 0 Å². The van der Waals surface area contributed by atoms with Gasteiger partial charge in [0.1, 0.15) is 5.75 Å². The highest BCUT2D eigenvalue weighted by Gasteiger charge is 2.54. The zero-order valence-electron chi connectivity index (χ0n) is 10.4. The molecule has 0 saturated carbocycles. The summed E-state index contributed by atoms with van der Waals surface area (Å²) in [5.74, 6) is 0.470. The second kappa shape index (κ2) is 4.78. The second-order valence-electron chi connectivity index (χ2n) is 4.20. The van der Waals surface area contributed by atoms with Crippen LogP contribution in [0.15, 0.2) is 12.1 Å². The van der Waals surface area contributed by atoms with Crippen LogP contribution in [0.2, 0.25) is 0 Å². The third-order valence-electron chi connectivity index (χ3n) is 2.95. The molecule has 0 saturated heterocycles. The molecule has 0 aliphatic rings. The molecule has 0 aliphatic carbocycles. The Morgan fingerprint density at radius 3 is 2.17 bits per heavy atom. The van der Waals surface area contributed by atoms with Crippen LogP contribution in [0.1, 0.15) is 16.7 Å². The van der Waals surface area contributed by atoms with E-state index in [2.05, 4.69) is 0 Å². The van der Waals surface area contributed by atoms with Gasteiger partial charge in [-0.3, -0.25) is 0 Å². The van der Waals surface area contributed by atoms with Crippen molar-refractivity contribution in [3.8, 4) is 5.75 Å². The first-order chi connectivity index (χ1) is 8.17. The van der Waals surface area contributed by atoms with Crippen molar-refractivity contribution in [2.45, 2.75) is 25.6 Å². The number of halogens is 3. The van der Waals surface area contributed by atoms with Crippen LogP contribution >= 0.6 is 0 Å². The third-order valence-corrected chi connectivity index (χ3v) is 2.95. The fourth-order valence-corrected chi connectivity index (χ4v) is 1.83. The molecule has 6 heteroatoms. The van der Waals surface area contributed by atoms with Gasteiger partial charge >= 0.3 is 6.18 Å². The Morgan fingerprint density at radius 2 is 1.78 bits per heavy atom. The highest BCUT2D eigenvalue weighted by atomic mass is 19.4. The monoisotopic (exact) mass is 263 g/mol. The van der Waals surface area contributed by atoms with Gasteiger partial charge in [0.25, 0.3) is 0 Å². The number of aliphatic hydroxyl groups is 1. The van der Waals surface area contributed by atoms with Gasteiger partial charge in [0.05, 0.1) is 7.11 Å². The molecule has 1 aromatic carbocycles. The summed E-state index contributed by atoms with van der Waals surface area (Å²) in [4.78, 5) is 0. The van der Waals surface area contributed by atoms with E-state index in [1.165, 1.54) is 26.2 Å². The summed E-state index contributed by atoms with van der Waals surface area (Å²) in [6, 6.07) is 2.71. The van der Waals surface area contributed by atoms with Crippen molar-refractivity contribution in [1.29, 1.82) is 0 Å². The number of alkyl halides is 3. The molecule has 1 rings (SSSR count). The van der Waals surface area contributed by atoms with E-state index in [0.29, 0.717) is 11.3 Å². The predicted octanol–water partition coefficient (Wildman–Crippen LogP) is 2.02. The Labute approximate surface area is 103 Å². The maximum atomic E-state index is 12.9. The average Bonchev–Trinajstić information content (AvgIpc) is 2.29. The van der Waals surface area contributed by atoms with Crippen LogP contribution in [0, 0.1) is 13.8 Å². The lowest BCUT2D eigenvalue weighted by molar-refractivity contribution is -0.262. The van der Waals surface area contributed by atoms with Crippen LogP contribution in [-0.2, 0) is 5.60 Å². The number of hydrogen-bond donors (Lipinski definition) is 2. The predicted molar refractivity (Wildman–Crippen MR) is 61.5 cm³/mol. The lowest BCUT2D eigenvalue weighted by Gasteiger charge is -2.31. The minimum absolute atomic E-state index is 0.240. The van der Waals surface area contributed by atoms with Crippen molar-refractivity contribution in [2.24, 2.45) is 5.73 Å². The maximum absolute atomic E-state index is 12.9. The molecule has 18 heavy (non-hydrogen) atoms. The van der Waals surface area contributed by atoms with Crippen LogP contribution in [0.4, 0.5) is 13.2 Å². The number of ether oxygens (including phenoxy) is 1. The maximum Gasteiger partial charge on any atom is 0.422 e. The topological polar surface area (TPSA) is 55.5 Å². The van der Waals surface area contributed by atoms with Gasteiger partial charge in [0.2, 0.25) is 0 Å². The molecule has 0 amide bonds. The fraction of sp³-hybridized carbons (Fsp3) is 0.500. The summed E-state index contributed by atoms with van der Waals surface area (Å²) in [5, 5.41) is 9.81. The molecule has 0 bridgehead atoms. The van der Waals surface area contributed by atoms with E-state index in [1.807, 2.05) is 0 Å². The summed E-state index contributed by atoms with van der Waals surface area (Å²) in [7, 11) is 1.43.